The number of rotatable bonds is 5. The van der Waals surface area contributed by atoms with E-state index in [-0.39, 0.29) is 0 Å². The number of nitrogens with zero attached hydrogens (tertiary/aromatic N) is 4. The summed E-state index contributed by atoms with van der Waals surface area (Å²) in [5.41, 5.74) is 1.12. The molecule has 1 saturated heterocycles. The average Bonchev–Trinajstić information content (AvgIpc) is 3.17. The predicted octanol–water partition coefficient (Wildman–Crippen LogP) is 1.85. The molecule has 6 nitrogen and oxygen atoms in total. The minimum atomic E-state index is -3.04. The van der Waals surface area contributed by atoms with Gasteiger partial charge in [-0.05, 0) is 38.8 Å². The van der Waals surface area contributed by atoms with Crippen molar-refractivity contribution in [1.82, 2.24) is 19.0 Å². The number of sulfonamides is 1. The number of hydrogen-bond acceptors (Lipinski definition) is 4. The summed E-state index contributed by atoms with van der Waals surface area (Å²) in [6.45, 7) is 2.10. The molecule has 0 spiro atoms. The predicted molar refractivity (Wildman–Crippen MR) is 90.6 cm³/mol. The molecule has 3 rings (SSSR count). The first-order valence-corrected chi connectivity index (χ1v) is 10.5. The Morgan fingerprint density at radius 1 is 1.22 bits per heavy atom. The summed E-state index contributed by atoms with van der Waals surface area (Å²) in [5.74, 6) is 0. The second-order valence-corrected chi connectivity index (χ2v) is 9.02. The molecule has 2 heterocycles. The lowest BCUT2D eigenvalue weighted by Crippen LogP contribution is -2.44. The fraction of sp³-hybridized carbons (Fsp3) is 0.812. The molecule has 0 bridgehead atoms. The Bertz CT molecular complexity index is 614. The Kier molecular flexibility index (Phi) is 5.08. The van der Waals surface area contributed by atoms with Gasteiger partial charge in [0.1, 0.15) is 0 Å². The molecule has 1 aromatic heterocycles. The van der Waals surface area contributed by atoms with Crippen LogP contribution in [0, 0.1) is 0 Å². The largest absolute Gasteiger partial charge is 0.297 e. The second kappa shape index (κ2) is 6.91. The van der Waals surface area contributed by atoms with Crippen molar-refractivity contribution in [3.8, 4) is 0 Å². The molecule has 2 fully saturated rings. The van der Waals surface area contributed by atoms with Crippen molar-refractivity contribution < 1.29 is 8.42 Å². The maximum atomic E-state index is 11.6. The Labute approximate surface area is 139 Å². The van der Waals surface area contributed by atoms with Gasteiger partial charge in [-0.3, -0.25) is 9.58 Å². The lowest BCUT2D eigenvalue weighted by molar-refractivity contribution is 0.160. The second-order valence-electron chi connectivity index (χ2n) is 7.03. The third kappa shape index (κ3) is 4.14. The highest BCUT2D eigenvalue weighted by Crippen LogP contribution is 2.29. The van der Waals surface area contributed by atoms with Crippen LogP contribution in [0.4, 0.5) is 0 Å². The maximum Gasteiger partial charge on any atom is 0.211 e. The SMILES string of the molecule is CN(Cc1ccn(C2CCCC2)n1)C1CCN(S(C)(=O)=O)CC1. The van der Waals surface area contributed by atoms with Crippen LogP contribution in [0.3, 0.4) is 0 Å². The summed E-state index contributed by atoms with van der Waals surface area (Å²) < 4.78 is 26.9. The highest BCUT2D eigenvalue weighted by atomic mass is 32.2. The fourth-order valence-corrected chi connectivity index (χ4v) is 4.71. The quantitative estimate of drug-likeness (QED) is 0.821. The van der Waals surface area contributed by atoms with Crippen LogP contribution in [0.15, 0.2) is 12.3 Å². The van der Waals surface area contributed by atoms with Crippen molar-refractivity contribution in [3.63, 3.8) is 0 Å². The van der Waals surface area contributed by atoms with Crippen LogP contribution < -0.4 is 0 Å². The van der Waals surface area contributed by atoms with Crippen molar-refractivity contribution in [3.05, 3.63) is 18.0 Å². The molecule has 2 aliphatic rings. The first kappa shape index (κ1) is 16.9. The van der Waals surface area contributed by atoms with Gasteiger partial charge < -0.3 is 0 Å². The number of aromatic nitrogens is 2. The molecule has 1 saturated carbocycles. The molecule has 23 heavy (non-hydrogen) atoms. The summed E-state index contributed by atoms with van der Waals surface area (Å²) in [7, 11) is -0.921. The lowest BCUT2D eigenvalue weighted by Gasteiger charge is -2.35. The molecular formula is C16H28N4O2S. The normalized spacial score (nSPS) is 22.2. The summed E-state index contributed by atoms with van der Waals surface area (Å²) in [4.78, 5) is 2.32. The summed E-state index contributed by atoms with van der Waals surface area (Å²) in [5, 5.41) is 4.75. The Hall–Kier alpha value is -0.920. The average molecular weight is 340 g/mol. The third-order valence-electron chi connectivity index (χ3n) is 5.29. The smallest absolute Gasteiger partial charge is 0.211 e. The van der Waals surface area contributed by atoms with E-state index in [1.807, 2.05) is 0 Å². The summed E-state index contributed by atoms with van der Waals surface area (Å²) >= 11 is 0. The zero-order valence-electron chi connectivity index (χ0n) is 14.2. The van der Waals surface area contributed by atoms with E-state index in [1.54, 1.807) is 4.31 Å². The van der Waals surface area contributed by atoms with E-state index >= 15 is 0 Å². The van der Waals surface area contributed by atoms with Crippen LogP contribution >= 0.6 is 0 Å². The van der Waals surface area contributed by atoms with Gasteiger partial charge in [0.25, 0.3) is 0 Å². The van der Waals surface area contributed by atoms with Gasteiger partial charge in [0.05, 0.1) is 18.0 Å². The van der Waals surface area contributed by atoms with Gasteiger partial charge in [-0.15, -0.1) is 0 Å². The van der Waals surface area contributed by atoms with Gasteiger partial charge in [0.2, 0.25) is 10.0 Å². The monoisotopic (exact) mass is 340 g/mol. The van der Waals surface area contributed by atoms with Crippen LogP contribution in [-0.2, 0) is 16.6 Å². The van der Waals surface area contributed by atoms with E-state index in [0.717, 1.165) is 25.1 Å². The van der Waals surface area contributed by atoms with E-state index in [1.165, 1.54) is 31.9 Å². The van der Waals surface area contributed by atoms with Crippen molar-refractivity contribution in [2.24, 2.45) is 0 Å². The molecule has 130 valence electrons. The zero-order chi connectivity index (χ0) is 16.4. The molecule has 0 N–H and O–H groups in total. The van der Waals surface area contributed by atoms with Gasteiger partial charge in [-0.25, -0.2) is 12.7 Å². The van der Waals surface area contributed by atoms with E-state index in [2.05, 4.69) is 28.9 Å². The molecule has 0 aromatic carbocycles. The van der Waals surface area contributed by atoms with Gasteiger partial charge in [-0.2, -0.15) is 5.10 Å². The third-order valence-corrected chi connectivity index (χ3v) is 6.59. The molecule has 0 atom stereocenters. The highest BCUT2D eigenvalue weighted by Gasteiger charge is 2.27. The minimum Gasteiger partial charge on any atom is -0.297 e. The van der Waals surface area contributed by atoms with Gasteiger partial charge in [-0.1, -0.05) is 12.8 Å². The first-order chi connectivity index (χ1) is 10.9. The van der Waals surface area contributed by atoms with Gasteiger partial charge in [0, 0.05) is 31.9 Å². The summed E-state index contributed by atoms with van der Waals surface area (Å²) in [6, 6.07) is 3.15. The van der Waals surface area contributed by atoms with E-state index in [9.17, 15) is 8.42 Å². The molecule has 0 unspecified atom stereocenters. The van der Waals surface area contributed by atoms with Crippen molar-refractivity contribution in [1.29, 1.82) is 0 Å². The number of piperidine rings is 1. The minimum absolute atomic E-state index is 0.435. The maximum absolute atomic E-state index is 11.6. The first-order valence-electron chi connectivity index (χ1n) is 8.63. The molecule has 1 aromatic rings. The molecule has 7 heteroatoms. The van der Waals surface area contributed by atoms with E-state index in [4.69, 9.17) is 5.10 Å². The van der Waals surface area contributed by atoms with Crippen LogP contribution in [-0.4, -0.2) is 59.8 Å². The molecule has 1 aliphatic carbocycles. The van der Waals surface area contributed by atoms with Crippen molar-refractivity contribution in [2.45, 2.75) is 57.2 Å². The Balaban J connectivity index is 1.52. The number of hydrogen-bond donors (Lipinski definition) is 0. The topological polar surface area (TPSA) is 58.4 Å². The van der Waals surface area contributed by atoms with Gasteiger partial charge >= 0.3 is 0 Å². The lowest BCUT2D eigenvalue weighted by atomic mass is 10.1. The zero-order valence-corrected chi connectivity index (χ0v) is 15.0. The van der Waals surface area contributed by atoms with Crippen LogP contribution in [0.1, 0.15) is 50.3 Å². The van der Waals surface area contributed by atoms with Crippen LogP contribution in [0.25, 0.3) is 0 Å². The molecular weight excluding hydrogens is 312 g/mol. The fourth-order valence-electron chi connectivity index (χ4n) is 3.83. The molecule has 0 radical (unpaired) electrons. The van der Waals surface area contributed by atoms with E-state index in [0.29, 0.717) is 25.2 Å². The molecule has 1 aliphatic heterocycles. The highest BCUT2D eigenvalue weighted by molar-refractivity contribution is 7.88. The van der Waals surface area contributed by atoms with Crippen LogP contribution in [0.5, 0.6) is 0 Å². The summed E-state index contributed by atoms with van der Waals surface area (Å²) in [6.07, 6.45) is 10.3. The van der Waals surface area contributed by atoms with E-state index < -0.39 is 10.0 Å². The molecule has 0 amide bonds. The Morgan fingerprint density at radius 3 is 2.48 bits per heavy atom. The standard InChI is InChI=1S/C16H28N4O2S/c1-18(15-8-10-19(11-9-15)23(2,21)22)13-14-7-12-20(17-14)16-5-3-4-6-16/h7,12,15-16H,3-6,8-11,13H2,1-2H3. The van der Waals surface area contributed by atoms with Gasteiger partial charge in [0.15, 0.2) is 0 Å². The Morgan fingerprint density at radius 2 is 1.87 bits per heavy atom. The van der Waals surface area contributed by atoms with Crippen LogP contribution in [0.2, 0.25) is 0 Å². The van der Waals surface area contributed by atoms with Crippen molar-refractivity contribution in [2.75, 3.05) is 26.4 Å². The van der Waals surface area contributed by atoms with Crippen molar-refractivity contribution >= 4 is 10.0 Å².